The van der Waals surface area contributed by atoms with Crippen LogP contribution in [-0.2, 0) is 23.8 Å². The fraction of sp³-hybridized carbons (Fsp3) is 0.333. The predicted octanol–water partition coefficient (Wildman–Crippen LogP) is 2.21. The second-order valence-corrected chi connectivity index (χ2v) is 5.60. The van der Waals surface area contributed by atoms with Gasteiger partial charge in [0, 0.05) is 0 Å². The van der Waals surface area contributed by atoms with Crippen LogP contribution in [0, 0.1) is 0 Å². The highest BCUT2D eigenvalue weighted by Crippen LogP contribution is 2.38. The number of rotatable bonds is 4. The molecule has 7 heteroatoms. The minimum Gasteiger partial charge on any atom is -0.464 e. The van der Waals surface area contributed by atoms with Gasteiger partial charge < -0.3 is 23.7 Å². The normalized spacial score (nSPS) is 20.9. The highest BCUT2D eigenvalue weighted by atomic mass is 16.7. The lowest BCUT2D eigenvalue weighted by molar-refractivity contribution is -0.163. The number of fused-ring (bicyclic) bond motifs is 1. The zero-order valence-corrected chi connectivity index (χ0v) is 14.2. The zero-order valence-electron chi connectivity index (χ0n) is 14.2. The molecule has 0 N–H and O–H groups in total. The topological polar surface area (TPSA) is 80.3 Å². The first-order valence-corrected chi connectivity index (χ1v) is 7.76. The van der Waals surface area contributed by atoms with Gasteiger partial charge in [-0.25, -0.2) is 9.59 Å². The molecule has 25 heavy (non-hydrogen) atoms. The summed E-state index contributed by atoms with van der Waals surface area (Å²) in [6.45, 7) is 3.59. The van der Waals surface area contributed by atoms with Crippen molar-refractivity contribution in [1.29, 1.82) is 0 Å². The minimum atomic E-state index is -1.44. The molecule has 1 aromatic rings. The first kappa shape index (κ1) is 16.9. The Morgan fingerprint density at radius 1 is 1.24 bits per heavy atom. The molecular weight excluding hydrogens is 328 g/mol. The van der Waals surface area contributed by atoms with Gasteiger partial charge in [0.2, 0.25) is 18.2 Å². The van der Waals surface area contributed by atoms with Gasteiger partial charge in [-0.05, 0) is 49.3 Å². The largest absolute Gasteiger partial charge is 0.464 e. The van der Waals surface area contributed by atoms with E-state index in [2.05, 4.69) is 0 Å². The van der Waals surface area contributed by atoms with Gasteiger partial charge in [-0.15, -0.1) is 0 Å². The van der Waals surface area contributed by atoms with E-state index in [0.717, 1.165) is 5.56 Å². The maximum Gasteiger partial charge on any atom is 0.373 e. The third-order valence-electron chi connectivity index (χ3n) is 3.81. The second-order valence-electron chi connectivity index (χ2n) is 5.60. The van der Waals surface area contributed by atoms with Crippen LogP contribution in [0.5, 0.6) is 11.5 Å². The Balaban J connectivity index is 2.04. The minimum absolute atomic E-state index is 0.0757. The quantitative estimate of drug-likeness (QED) is 0.773. The van der Waals surface area contributed by atoms with Gasteiger partial charge in [-0.1, -0.05) is 6.07 Å². The van der Waals surface area contributed by atoms with E-state index in [9.17, 15) is 9.59 Å². The zero-order chi connectivity index (χ0) is 18.0. The van der Waals surface area contributed by atoms with Gasteiger partial charge in [0.15, 0.2) is 11.5 Å². The van der Waals surface area contributed by atoms with E-state index in [4.69, 9.17) is 23.7 Å². The molecule has 0 radical (unpaired) electrons. The second kappa shape index (κ2) is 6.51. The highest BCUT2D eigenvalue weighted by Gasteiger charge is 2.40. The molecule has 2 heterocycles. The van der Waals surface area contributed by atoms with Crippen molar-refractivity contribution in [3.8, 4) is 11.5 Å². The molecule has 0 amide bonds. The van der Waals surface area contributed by atoms with Crippen LogP contribution < -0.4 is 9.47 Å². The molecular formula is C18H18O7. The van der Waals surface area contributed by atoms with Crippen molar-refractivity contribution in [1.82, 2.24) is 0 Å². The summed E-state index contributed by atoms with van der Waals surface area (Å²) in [5.74, 6) is -0.115. The summed E-state index contributed by atoms with van der Waals surface area (Å²) in [4.78, 5) is 24.3. The lowest BCUT2D eigenvalue weighted by Crippen LogP contribution is -2.40. The van der Waals surface area contributed by atoms with Crippen LogP contribution in [0.15, 0.2) is 36.1 Å². The van der Waals surface area contributed by atoms with Crippen LogP contribution in [0.1, 0.15) is 19.4 Å². The number of hydrogen-bond acceptors (Lipinski definition) is 7. The third kappa shape index (κ3) is 3.17. The average molecular weight is 346 g/mol. The van der Waals surface area contributed by atoms with Gasteiger partial charge in [-0.3, -0.25) is 0 Å². The van der Waals surface area contributed by atoms with Crippen LogP contribution in [-0.4, -0.2) is 38.0 Å². The Labute approximate surface area is 144 Å². The Kier molecular flexibility index (Phi) is 4.39. The highest BCUT2D eigenvalue weighted by molar-refractivity contribution is 5.96. The number of methoxy groups -OCH3 is 1. The number of allylic oxidation sites excluding steroid dienone is 2. The maximum atomic E-state index is 12.3. The van der Waals surface area contributed by atoms with Crippen molar-refractivity contribution in [2.45, 2.75) is 19.4 Å². The Hall–Kier alpha value is -2.96. The molecule has 1 unspecified atom stereocenters. The molecule has 0 aliphatic carbocycles. The van der Waals surface area contributed by atoms with E-state index >= 15 is 0 Å². The molecule has 0 saturated heterocycles. The van der Waals surface area contributed by atoms with Gasteiger partial charge >= 0.3 is 11.9 Å². The average Bonchev–Trinajstić information content (AvgIpc) is 3.08. The van der Waals surface area contributed by atoms with E-state index in [1.54, 1.807) is 25.1 Å². The molecule has 0 bridgehead atoms. The Morgan fingerprint density at radius 2 is 2.00 bits per heavy atom. The van der Waals surface area contributed by atoms with Crippen molar-refractivity contribution in [2.75, 3.05) is 20.5 Å². The van der Waals surface area contributed by atoms with E-state index in [0.29, 0.717) is 17.1 Å². The fourth-order valence-electron chi connectivity index (χ4n) is 2.59. The van der Waals surface area contributed by atoms with E-state index < -0.39 is 17.5 Å². The Bertz CT molecular complexity index is 778. The summed E-state index contributed by atoms with van der Waals surface area (Å²) in [5, 5.41) is 0. The number of esters is 2. The summed E-state index contributed by atoms with van der Waals surface area (Å²) < 4.78 is 26.0. The number of carbonyl (C=O) groups excluding carboxylic acids is 2. The number of carbonyl (C=O) groups is 2. The molecule has 0 fully saturated rings. The van der Waals surface area contributed by atoms with Crippen LogP contribution >= 0.6 is 0 Å². The number of hydrogen-bond donors (Lipinski definition) is 0. The first-order valence-electron chi connectivity index (χ1n) is 7.76. The van der Waals surface area contributed by atoms with Crippen molar-refractivity contribution in [3.05, 3.63) is 41.7 Å². The van der Waals surface area contributed by atoms with Gasteiger partial charge in [0.05, 0.1) is 13.7 Å². The van der Waals surface area contributed by atoms with Gasteiger partial charge in [0.25, 0.3) is 0 Å². The maximum absolute atomic E-state index is 12.3. The summed E-state index contributed by atoms with van der Waals surface area (Å²) in [6, 6.07) is 5.35. The summed E-state index contributed by atoms with van der Waals surface area (Å²) >= 11 is 0. The molecule has 2 aliphatic heterocycles. The Morgan fingerprint density at radius 3 is 2.72 bits per heavy atom. The molecule has 0 aromatic heterocycles. The molecule has 3 rings (SSSR count). The molecule has 2 aliphatic rings. The van der Waals surface area contributed by atoms with E-state index in [1.807, 2.05) is 6.07 Å². The van der Waals surface area contributed by atoms with E-state index in [1.165, 1.54) is 20.1 Å². The van der Waals surface area contributed by atoms with E-state index in [-0.39, 0.29) is 19.2 Å². The van der Waals surface area contributed by atoms with Gasteiger partial charge in [0.1, 0.15) is 0 Å². The van der Waals surface area contributed by atoms with Crippen LogP contribution in [0.2, 0.25) is 0 Å². The smallest absolute Gasteiger partial charge is 0.373 e. The SMILES string of the molecule is CCOC(=O)C1(C)C=C(c2ccc3c(c2)OCO3)C=C(C(=O)OC)O1. The number of ether oxygens (including phenoxy) is 5. The number of benzene rings is 1. The lowest BCUT2D eigenvalue weighted by Gasteiger charge is -2.30. The van der Waals surface area contributed by atoms with Crippen LogP contribution in [0.4, 0.5) is 0 Å². The van der Waals surface area contributed by atoms with Crippen molar-refractivity contribution >= 4 is 17.5 Å². The molecule has 0 spiro atoms. The standard InChI is InChI=1S/C18H18O7/c1-4-22-17(20)18(2)9-12(8-15(25-18)16(19)21-3)11-5-6-13-14(7-11)24-10-23-13/h5-9H,4,10H2,1-3H3. The summed E-state index contributed by atoms with van der Waals surface area (Å²) in [7, 11) is 1.24. The van der Waals surface area contributed by atoms with Crippen molar-refractivity contribution in [2.24, 2.45) is 0 Å². The van der Waals surface area contributed by atoms with Gasteiger partial charge in [-0.2, -0.15) is 0 Å². The predicted molar refractivity (Wildman–Crippen MR) is 86.8 cm³/mol. The molecule has 1 atom stereocenters. The third-order valence-corrected chi connectivity index (χ3v) is 3.81. The monoisotopic (exact) mass is 346 g/mol. The molecule has 7 nitrogen and oxygen atoms in total. The molecule has 0 saturated carbocycles. The molecule has 132 valence electrons. The molecule has 1 aromatic carbocycles. The fourth-order valence-corrected chi connectivity index (χ4v) is 2.59. The van der Waals surface area contributed by atoms with Crippen LogP contribution in [0.3, 0.4) is 0 Å². The van der Waals surface area contributed by atoms with Crippen LogP contribution in [0.25, 0.3) is 5.57 Å². The van der Waals surface area contributed by atoms with Crippen molar-refractivity contribution in [3.63, 3.8) is 0 Å². The first-order chi connectivity index (χ1) is 12.0. The summed E-state index contributed by atoms with van der Waals surface area (Å²) in [6.07, 6.45) is 3.12. The van der Waals surface area contributed by atoms with Crippen molar-refractivity contribution < 1.29 is 33.3 Å². The summed E-state index contributed by atoms with van der Waals surface area (Å²) in [5.41, 5.74) is -0.0926. The lowest BCUT2D eigenvalue weighted by atomic mass is 9.94.